The van der Waals surface area contributed by atoms with Crippen molar-refractivity contribution in [2.45, 2.75) is 33.1 Å². The van der Waals surface area contributed by atoms with Crippen molar-refractivity contribution in [3.05, 3.63) is 24.3 Å². The van der Waals surface area contributed by atoms with Crippen molar-refractivity contribution in [2.75, 3.05) is 32.0 Å². The Morgan fingerprint density at radius 1 is 1.26 bits per heavy atom. The molecule has 1 saturated heterocycles. The Kier molecular flexibility index (Phi) is 4.70. The number of nitrogens with two attached hydrogens (primary N) is 1. The zero-order valence-corrected chi connectivity index (χ0v) is 12.2. The van der Waals surface area contributed by atoms with Crippen LogP contribution in [0.25, 0.3) is 0 Å². The minimum Gasteiger partial charge on any atom is -0.492 e. The number of rotatable bonds is 4. The van der Waals surface area contributed by atoms with Crippen molar-refractivity contribution in [1.29, 1.82) is 0 Å². The fourth-order valence-corrected chi connectivity index (χ4v) is 2.60. The summed E-state index contributed by atoms with van der Waals surface area (Å²) < 4.78 is 5.76. The molecule has 0 aliphatic carbocycles. The van der Waals surface area contributed by atoms with Crippen LogP contribution in [-0.4, -0.2) is 31.1 Å². The van der Waals surface area contributed by atoms with Crippen molar-refractivity contribution in [3.63, 3.8) is 0 Å². The van der Waals surface area contributed by atoms with Gasteiger partial charge >= 0.3 is 0 Å². The van der Waals surface area contributed by atoms with Gasteiger partial charge in [0.05, 0.1) is 0 Å². The zero-order valence-electron chi connectivity index (χ0n) is 12.2. The van der Waals surface area contributed by atoms with E-state index in [1.165, 1.54) is 32.4 Å². The molecule has 0 atom stereocenters. The van der Waals surface area contributed by atoms with Crippen molar-refractivity contribution in [3.8, 4) is 5.75 Å². The first kappa shape index (κ1) is 14.2. The maximum absolute atomic E-state index is 5.76. The van der Waals surface area contributed by atoms with Gasteiger partial charge in [-0.15, -0.1) is 0 Å². The molecule has 1 aromatic carbocycles. The molecule has 106 valence electrons. The molecular weight excluding hydrogens is 236 g/mol. The molecule has 19 heavy (non-hydrogen) atoms. The summed E-state index contributed by atoms with van der Waals surface area (Å²) >= 11 is 0. The average molecular weight is 262 g/mol. The van der Waals surface area contributed by atoms with Gasteiger partial charge < -0.3 is 10.5 Å². The average Bonchev–Trinajstić information content (AvgIpc) is 2.51. The highest BCUT2D eigenvalue weighted by Gasteiger charge is 2.22. The number of anilines is 1. The quantitative estimate of drug-likeness (QED) is 0.847. The van der Waals surface area contributed by atoms with Crippen molar-refractivity contribution >= 4 is 5.69 Å². The van der Waals surface area contributed by atoms with E-state index in [4.69, 9.17) is 10.5 Å². The predicted octanol–water partition coefficient (Wildman–Crippen LogP) is 3.16. The molecule has 3 heteroatoms. The van der Waals surface area contributed by atoms with E-state index in [-0.39, 0.29) is 0 Å². The Hall–Kier alpha value is -1.22. The maximum atomic E-state index is 5.76. The molecule has 0 bridgehead atoms. The fourth-order valence-electron chi connectivity index (χ4n) is 2.60. The van der Waals surface area contributed by atoms with Crippen LogP contribution in [0, 0.1) is 5.41 Å². The summed E-state index contributed by atoms with van der Waals surface area (Å²) in [6.45, 7) is 8.88. The van der Waals surface area contributed by atoms with Gasteiger partial charge in [0.25, 0.3) is 0 Å². The van der Waals surface area contributed by atoms with E-state index in [1.54, 1.807) is 0 Å². The lowest BCUT2D eigenvalue weighted by Gasteiger charge is -2.23. The molecule has 1 aromatic rings. The first-order valence-electron chi connectivity index (χ1n) is 7.26. The number of nitrogen functional groups attached to an aromatic ring is 1. The number of hydrogen-bond acceptors (Lipinski definition) is 3. The highest BCUT2D eigenvalue weighted by molar-refractivity contribution is 5.43. The topological polar surface area (TPSA) is 38.5 Å². The normalized spacial score (nSPS) is 19.9. The molecule has 0 amide bonds. The third-order valence-electron chi connectivity index (χ3n) is 3.97. The molecule has 1 fully saturated rings. The summed E-state index contributed by atoms with van der Waals surface area (Å²) in [5, 5.41) is 0. The number of benzene rings is 1. The first-order chi connectivity index (χ1) is 9.05. The van der Waals surface area contributed by atoms with Crippen LogP contribution in [0.4, 0.5) is 5.69 Å². The Morgan fingerprint density at radius 3 is 2.89 bits per heavy atom. The van der Waals surface area contributed by atoms with Crippen LogP contribution < -0.4 is 10.5 Å². The van der Waals surface area contributed by atoms with Crippen LogP contribution in [0.2, 0.25) is 0 Å². The minimum absolute atomic E-state index is 0.503. The molecule has 0 radical (unpaired) electrons. The first-order valence-corrected chi connectivity index (χ1v) is 7.26. The highest BCUT2D eigenvalue weighted by Crippen LogP contribution is 2.29. The van der Waals surface area contributed by atoms with Crippen molar-refractivity contribution in [2.24, 2.45) is 5.41 Å². The molecule has 2 rings (SSSR count). The van der Waals surface area contributed by atoms with Gasteiger partial charge in [-0.05, 0) is 49.9 Å². The smallest absolute Gasteiger partial charge is 0.121 e. The monoisotopic (exact) mass is 262 g/mol. The Labute approximate surface area is 116 Å². The molecule has 1 aliphatic rings. The zero-order chi connectivity index (χ0) is 13.7. The molecule has 0 saturated carbocycles. The summed E-state index contributed by atoms with van der Waals surface area (Å²) in [6, 6.07) is 7.65. The van der Waals surface area contributed by atoms with Crippen LogP contribution in [0.3, 0.4) is 0 Å². The number of hydrogen-bond donors (Lipinski definition) is 1. The molecule has 0 spiro atoms. The second kappa shape index (κ2) is 6.29. The molecule has 2 N–H and O–H groups in total. The Balaban J connectivity index is 1.74. The van der Waals surface area contributed by atoms with Gasteiger partial charge in [0.2, 0.25) is 0 Å². The van der Waals surface area contributed by atoms with E-state index in [2.05, 4.69) is 18.7 Å². The number of ether oxygens (including phenoxy) is 1. The van der Waals surface area contributed by atoms with Gasteiger partial charge in [0.1, 0.15) is 12.4 Å². The number of likely N-dealkylation sites (tertiary alicyclic amines) is 1. The lowest BCUT2D eigenvalue weighted by Crippen LogP contribution is -2.30. The van der Waals surface area contributed by atoms with Crippen LogP contribution >= 0.6 is 0 Å². The largest absolute Gasteiger partial charge is 0.492 e. The molecule has 0 aromatic heterocycles. The van der Waals surface area contributed by atoms with Crippen LogP contribution in [0.5, 0.6) is 5.75 Å². The second-order valence-electron chi connectivity index (χ2n) is 6.28. The summed E-state index contributed by atoms with van der Waals surface area (Å²) in [5.41, 5.74) is 7.00. The van der Waals surface area contributed by atoms with E-state index >= 15 is 0 Å². The standard InChI is InChI=1S/C16H26N2O/c1-16(2)7-4-9-18(10-8-16)11-12-19-15-6-3-5-14(17)13-15/h3,5-6,13H,4,7-12,17H2,1-2H3. The lowest BCUT2D eigenvalue weighted by atomic mass is 9.85. The molecule has 1 aliphatic heterocycles. The fraction of sp³-hybridized carbons (Fsp3) is 0.625. The molecule has 3 nitrogen and oxygen atoms in total. The SMILES string of the molecule is CC1(C)CCCN(CCOc2cccc(N)c2)CC1. The van der Waals surface area contributed by atoms with E-state index in [1.807, 2.05) is 24.3 Å². The highest BCUT2D eigenvalue weighted by atomic mass is 16.5. The van der Waals surface area contributed by atoms with Gasteiger partial charge in [-0.2, -0.15) is 0 Å². The van der Waals surface area contributed by atoms with E-state index in [9.17, 15) is 0 Å². The Bertz CT molecular complexity index is 403. The maximum Gasteiger partial charge on any atom is 0.121 e. The van der Waals surface area contributed by atoms with Crippen LogP contribution in [-0.2, 0) is 0 Å². The third-order valence-corrected chi connectivity index (χ3v) is 3.97. The third kappa shape index (κ3) is 4.75. The molecular formula is C16H26N2O. The summed E-state index contributed by atoms with van der Waals surface area (Å²) in [5.74, 6) is 0.871. The van der Waals surface area contributed by atoms with Crippen molar-refractivity contribution in [1.82, 2.24) is 4.90 Å². The van der Waals surface area contributed by atoms with Gasteiger partial charge in [-0.1, -0.05) is 19.9 Å². The predicted molar refractivity (Wildman–Crippen MR) is 80.4 cm³/mol. The van der Waals surface area contributed by atoms with E-state index in [0.29, 0.717) is 5.41 Å². The summed E-state index contributed by atoms with van der Waals surface area (Å²) in [6.07, 6.45) is 3.91. The lowest BCUT2D eigenvalue weighted by molar-refractivity contribution is 0.207. The number of nitrogens with zero attached hydrogens (tertiary/aromatic N) is 1. The van der Waals surface area contributed by atoms with Crippen LogP contribution in [0.1, 0.15) is 33.1 Å². The Morgan fingerprint density at radius 2 is 2.11 bits per heavy atom. The minimum atomic E-state index is 0.503. The second-order valence-corrected chi connectivity index (χ2v) is 6.28. The van der Waals surface area contributed by atoms with E-state index < -0.39 is 0 Å². The molecule has 0 unspecified atom stereocenters. The van der Waals surface area contributed by atoms with Gasteiger partial charge in [-0.25, -0.2) is 0 Å². The summed E-state index contributed by atoms with van der Waals surface area (Å²) in [7, 11) is 0. The van der Waals surface area contributed by atoms with Crippen LogP contribution in [0.15, 0.2) is 24.3 Å². The van der Waals surface area contributed by atoms with Gasteiger partial charge in [0, 0.05) is 18.3 Å². The molecule has 1 heterocycles. The van der Waals surface area contributed by atoms with Gasteiger partial charge in [-0.3, -0.25) is 4.90 Å². The van der Waals surface area contributed by atoms with Gasteiger partial charge in [0.15, 0.2) is 0 Å². The summed E-state index contributed by atoms with van der Waals surface area (Å²) in [4.78, 5) is 2.51. The van der Waals surface area contributed by atoms with Crippen molar-refractivity contribution < 1.29 is 4.74 Å². The van der Waals surface area contributed by atoms with E-state index in [0.717, 1.165) is 24.6 Å².